The third-order valence-corrected chi connectivity index (χ3v) is 3.90. The average Bonchev–Trinajstić information content (AvgIpc) is 2.37. The second-order valence-electron chi connectivity index (χ2n) is 5.38. The molecule has 0 aromatic carbocycles. The molecule has 3 atom stereocenters. The maximum absolute atomic E-state index is 12.5. The van der Waals surface area contributed by atoms with Gasteiger partial charge in [0.15, 0.2) is 0 Å². The van der Waals surface area contributed by atoms with Crippen molar-refractivity contribution in [3.8, 4) is 0 Å². The fourth-order valence-corrected chi connectivity index (χ4v) is 2.89. The number of hydrogen-bond donors (Lipinski definition) is 2. The third-order valence-electron chi connectivity index (χ3n) is 3.90. The smallest absolute Gasteiger partial charge is 0.249 e. The van der Waals surface area contributed by atoms with E-state index in [0.29, 0.717) is 12.5 Å². The zero-order valence-corrected chi connectivity index (χ0v) is 11.4. The summed E-state index contributed by atoms with van der Waals surface area (Å²) in [5.41, 5.74) is 0. The van der Waals surface area contributed by atoms with Crippen LogP contribution in [0.3, 0.4) is 0 Å². The quantitative estimate of drug-likeness (QED) is 0.670. The van der Waals surface area contributed by atoms with E-state index in [2.05, 4.69) is 10.6 Å². The molecule has 0 saturated carbocycles. The fraction of sp³-hybridized carbons (Fsp3) is 0.769. The number of rotatable bonds is 2. The molecule has 2 rings (SSSR count). The fourth-order valence-electron chi connectivity index (χ4n) is 2.89. The lowest BCUT2D eigenvalue weighted by Crippen LogP contribution is -2.61. The summed E-state index contributed by atoms with van der Waals surface area (Å²) in [7, 11) is 0. The number of piperazine rings is 1. The van der Waals surface area contributed by atoms with Gasteiger partial charge in [0.1, 0.15) is 12.6 Å². The number of piperidine rings is 1. The molecule has 0 bridgehead atoms. The highest BCUT2D eigenvalue weighted by atomic mass is 16.2. The van der Waals surface area contributed by atoms with Crippen molar-refractivity contribution in [1.82, 2.24) is 15.5 Å². The molecular formula is C13H21N3O3. The van der Waals surface area contributed by atoms with Gasteiger partial charge in [-0.05, 0) is 32.7 Å². The van der Waals surface area contributed by atoms with Gasteiger partial charge in [0.05, 0.1) is 0 Å². The van der Waals surface area contributed by atoms with E-state index in [0.717, 1.165) is 19.4 Å². The number of hydrogen-bond acceptors (Lipinski definition) is 4. The molecule has 6 nitrogen and oxygen atoms in total. The molecule has 19 heavy (non-hydrogen) atoms. The number of nitrogens with one attached hydrogen (secondary N) is 2. The van der Waals surface area contributed by atoms with E-state index in [1.807, 2.05) is 13.8 Å². The van der Waals surface area contributed by atoms with E-state index in [1.165, 1.54) is 4.90 Å². The van der Waals surface area contributed by atoms with Gasteiger partial charge < -0.3 is 10.2 Å². The Morgan fingerprint density at radius 1 is 1.42 bits per heavy atom. The van der Waals surface area contributed by atoms with Gasteiger partial charge in [0.25, 0.3) is 0 Å². The molecule has 2 N–H and O–H groups in total. The molecule has 0 spiro atoms. The Kier molecular flexibility index (Phi) is 4.19. The molecule has 2 aliphatic heterocycles. The Labute approximate surface area is 112 Å². The predicted octanol–water partition coefficient (Wildman–Crippen LogP) is -0.362. The zero-order valence-electron chi connectivity index (χ0n) is 11.4. The summed E-state index contributed by atoms with van der Waals surface area (Å²) < 4.78 is 0. The second-order valence-corrected chi connectivity index (χ2v) is 5.38. The highest BCUT2D eigenvalue weighted by Gasteiger charge is 2.38. The molecule has 3 amide bonds. The van der Waals surface area contributed by atoms with Crippen LogP contribution in [0.1, 0.15) is 33.1 Å². The summed E-state index contributed by atoms with van der Waals surface area (Å²) in [6, 6.07) is -0.201. The van der Waals surface area contributed by atoms with Crippen LogP contribution in [-0.2, 0) is 14.4 Å². The monoisotopic (exact) mass is 267 g/mol. The molecule has 2 aliphatic rings. The normalized spacial score (nSPS) is 32.1. The van der Waals surface area contributed by atoms with Crippen molar-refractivity contribution in [2.24, 2.45) is 5.92 Å². The topological polar surface area (TPSA) is 78.5 Å². The third kappa shape index (κ3) is 2.94. The molecule has 106 valence electrons. The van der Waals surface area contributed by atoms with Gasteiger partial charge in [-0.3, -0.25) is 19.7 Å². The van der Waals surface area contributed by atoms with Crippen molar-refractivity contribution in [2.45, 2.75) is 45.2 Å². The van der Waals surface area contributed by atoms with E-state index in [-0.39, 0.29) is 30.2 Å². The van der Waals surface area contributed by atoms with Crippen LogP contribution >= 0.6 is 0 Å². The van der Waals surface area contributed by atoms with Gasteiger partial charge in [0.2, 0.25) is 17.7 Å². The highest BCUT2D eigenvalue weighted by Crippen LogP contribution is 2.21. The van der Waals surface area contributed by atoms with Gasteiger partial charge in [-0.15, -0.1) is 0 Å². The largest absolute Gasteiger partial charge is 0.321 e. The SMILES string of the molecule is CCC1C(=O)NC(=O)CN1C(=O)C1CCNC(C)C1. The summed E-state index contributed by atoms with van der Waals surface area (Å²) in [4.78, 5) is 37.2. The maximum Gasteiger partial charge on any atom is 0.249 e. The van der Waals surface area contributed by atoms with Crippen LogP contribution in [0.2, 0.25) is 0 Å². The van der Waals surface area contributed by atoms with Crippen LogP contribution in [0.5, 0.6) is 0 Å². The van der Waals surface area contributed by atoms with Crippen LogP contribution in [0.4, 0.5) is 0 Å². The highest BCUT2D eigenvalue weighted by molar-refractivity contribution is 6.04. The van der Waals surface area contributed by atoms with E-state index in [1.54, 1.807) is 0 Å². The van der Waals surface area contributed by atoms with Crippen LogP contribution < -0.4 is 10.6 Å². The first kappa shape index (κ1) is 14.0. The van der Waals surface area contributed by atoms with E-state index in [4.69, 9.17) is 0 Å². The van der Waals surface area contributed by atoms with Gasteiger partial charge in [0, 0.05) is 12.0 Å². The first-order chi connectivity index (χ1) is 9.02. The maximum atomic E-state index is 12.5. The van der Waals surface area contributed by atoms with Crippen LogP contribution in [0.15, 0.2) is 0 Å². The van der Waals surface area contributed by atoms with Gasteiger partial charge in [-0.25, -0.2) is 0 Å². The lowest BCUT2D eigenvalue weighted by Gasteiger charge is -2.37. The van der Waals surface area contributed by atoms with E-state index in [9.17, 15) is 14.4 Å². The standard InChI is InChI=1S/C13H21N3O3/c1-3-10-12(18)15-11(17)7-16(10)13(19)9-4-5-14-8(2)6-9/h8-10,14H,3-7H2,1-2H3,(H,15,17,18). The van der Waals surface area contributed by atoms with Gasteiger partial charge in [-0.2, -0.15) is 0 Å². The minimum Gasteiger partial charge on any atom is -0.321 e. The van der Waals surface area contributed by atoms with Crippen molar-refractivity contribution in [2.75, 3.05) is 13.1 Å². The lowest BCUT2D eigenvalue weighted by atomic mass is 9.91. The summed E-state index contributed by atoms with van der Waals surface area (Å²) >= 11 is 0. The Morgan fingerprint density at radius 2 is 2.16 bits per heavy atom. The van der Waals surface area contributed by atoms with Crippen LogP contribution in [-0.4, -0.2) is 47.8 Å². The Hall–Kier alpha value is -1.43. The van der Waals surface area contributed by atoms with Crippen molar-refractivity contribution >= 4 is 17.7 Å². The molecule has 2 saturated heterocycles. The molecule has 0 radical (unpaired) electrons. The molecule has 0 aromatic rings. The van der Waals surface area contributed by atoms with E-state index < -0.39 is 6.04 Å². The first-order valence-corrected chi connectivity index (χ1v) is 6.90. The lowest BCUT2D eigenvalue weighted by molar-refractivity contribution is -0.153. The summed E-state index contributed by atoms with van der Waals surface area (Å²) in [6.07, 6.45) is 2.07. The second kappa shape index (κ2) is 5.69. The number of carbonyl (C=O) groups excluding carboxylic acids is 3. The predicted molar refractivity (Wildman–Crippen MR) is 69.1 cm³/mol. The zero-order chi connectivity index (χ0) is 14.0. The molecule has 2 fully saturated rings. The Bertz CT molecular complexity index is 397. The number of carbonyl (C=O) groups is 3. The summed E-state index contributed by atoms with van der Waals surface area (Å²) in [5.74, 6) is -0.869. The number of amides is 3. The van der Waals surface area contributed by atoms with Crippen LogP contribution in [0.25, 0.3) is 0 Å². The summed E-state index contributed by atoms with van der Waals surface area (Å²) in [6.45, 7) is 4.71. The van der Waals surface area contributed by atoms with Gasteiger partial charge in [-0.1, -0.05) is 6.92 Å². The molecule has 0 aliphatic carbocycles. The molecular weight excluding hydrogens is 246 g/mol. The van der Waals surface area contributed by atoms with E-state index >= 15 is 0 Å². The van der Waals surface area contributed by atoms with Crippen LogP contribution in [0, 0.1) is 5.92 Å². The Balaban J connectivity index is 2.11. The first-order valence-electron chi connectivity index (χ1n) is 6.90. The summed E-state index contributed by atoms with van der Waals surface area (Å²) in [5, 5.41) is 5.59. The number of imide groups is 1. The van der Waals surface area contributed by atoms with Crippen molar-refractivity contribution < 1.29 is 14.4 Å². The minimum atomic E-state index is -0.504. The molecule has 2 heterocycles. The molecule has 3 unspecified atom stereocenters. The van der Waals surface area contributed by atoms with Crippen molar-refractivity contribution in [3.63, 3.8) is 0 Å². The van der Waals surface area contributed by atoms with Crippen molar-refractivity contribution in [3.05, 3.63) is 0 Å². The molecule has 0 aromatic heterocycles. The van der Waals surface area contributed by atoms with Crippen molar-refractivity contribution in [1.29, 1.82) is 0 Å². The number of nitrogens with zero attached hydrogens (tertiary/aromatic N) is 1. The average molecular weight is 267 g/mol. The molecule has 6 heteroatoms. The minimum absolute atomic E-state index is 0.00138. The van der Waals surface area contributed by atoms with Gasteiger partial charge >= 0.3 is 0 Å². The Morgan fingerprint density at radius 3 is 2.79 bits per heavy atom.